The van der Waals surface area contributed by atoms with E-state index in [-0.39, 0.29) is 0 Å². The predicted octanol–water partition coefficient (Wildman–Crippen LogP) is 7.86. The summed E-state index contributed by atoms with van der Waals surface area (Å²) in [7, 11) is 0. The Morgan fingerprint density at radius 3 is 2.13 bits per heavy atom. The lowest BCUT2D eigenvalue weighted by molar-refractivity contribution is -0.185. The van der Waals surface area contributed by atoms with Gasteiger partial charge in [-0.3, -0.25) is 0 Å². The Kier molecular flexibility index (Phi) is 7.16. The monoisotopic (exact) mass is 424 g/mol. The molecule has 1 saturated carbocycles. The molecule has 0 heterocycles. The molecular weight excluding hydrogens is 399 g/mol. The van der Waals surface area contributed by atoms with Gasteiger partial charge < -0.3 is 4.74 Å². The SMILES string of the molecule is C/C=C/CCC1CCC(c2ccc(C(F)(F)Oc3cc(F)c(F)c(F)c3)cc2)CC1. The first-order chi connectivity index (χ1) is 14.3. The summed E-state index contributed by atoms with van der Waals surface area (Å²) in [5.74, 6) is -4.63. The van der Waals surface area contributed by atoms with Crippen LogP contribution in [0.1, 0.15) is 62.5 Å². The average molecular weight is 424 g/mol. The van der Waals surface area contributed by atoms with Gasteiger partial charge in [-0.05, 0) is 75.0 Å². The minimum absolute atomic E-state index is 0.340. The largest absolute Gasteiger partial charge is 0.429 e. The highest BCUT2D eigenvalue weighted by Crippen LogP contribution is 2.39. The van der Waals surface area contributed by atoms with Crippen LogP contribution in [0, 0.1) is 23.4 Å². The number of rotatable bonds is 7. The smallest absolute Gasteiger partial charge is 0.426 e. The summed E-state index contributed by atoms with van der Waals surface area (Å²) in [6.07, 6.45) is 7.04. The van der Waals surface area contributed by atoms with Gasteiger partial charge in [0.25, 0.3) is 0 Å². The molecule has 6 heteroatoms. The van der Waals surface area contributed by atoms with Crippen LogP contribution >= 0.6 is 0 Å². The van der Waals surface area contributed by atoms with Gasteiger partial charge in [-0.2, -0.15) is 8.78 Å². The van der Waals surface area contributed by atoms with E-state index in [1.807, 2.05) is 6.92 Å². The molecule has 0 atom stereocenters. The van der Waals surface area contributed by atoms with Crippen molar-refractivity contribution in [1.82, 2.24) is 0 Å². The highest BCUT2D eigenvalue weighted by atomic mass is 19.3. The Morgan fingerprint density at radius 1 is 0.967 bits per heavy atom. The number of alkyl halides is 2. The van der Waals surface area contributed by atoms with Crippen LogP contribution < -0.4 is 4.74 Å². The Balaban J connectivity index is 1.62. The Bertz CT molecular complexity index is 845. The van der Waals surface area contributed by atoms with Crippen LogP contribution in [-0.4, -0.2) is 0 Å². The zero-order valence-electron chi connectivity index (χ0n) is 16.8. The van der Waals surface area contributed by atoms with E-state index in [0.717, 1.165) is 37.7 Å². The number of allylic oxidation sites excluding steroid dienone is 2. The molecule has 1 aliphatic rings. The van der Waals surface area contributed by atoms with Crippen LogP contribution in [0.25, 0.3) is 0 Å². The highest BCUT2D eigenvalue weighted by Gasteiger charge is 2.35. The van der Waals surface area contributed by atoms with Gasteiger partial charge in [-0.15, -0.1) is 0 Å². The van der Waals surface area contributed by atoms with Crippen molar-refractivity contribution in [3.8, 4) is 5.75 Å². The van der Waals surface area contributed by atoms with Crippen molar-refractivity contribution < 1.29 is 26.7 Å². The van der Waals surface area contributed by atoms with Gasteiger partial charge in [0.2, 0.25) is 0 Å². The average Bonchev–Trinajstić information content (AvgIpc) is 2.72. The number of halogens is 5. The van der Waals surface area contributed by atoms with Crippen molar-refractivity contribution in [2.45, 2.75) is 57.5 Å². The third-order valence-corrected chi connectivity index (χ3v) is 5.75. The number of hydrogen-bond acceptors (Lipinski definition) is 1. The molecule has 3 rings (SSSR count). The van der Waals surface area contributed by atoms with Crippen molar-refractivity contribution in [2.24, 2.45) is 5.92 Å². The Morgan fingerprint density at radius 2 is 1.57 bits per heavy atom. The molecule has 0 radical (unpaired) electrons. The second-order valence-corrected chi connectivity index (χ2v) is 7.81. The van der Waals surface area contributed by atoms with E-state index in [4.69, 9.17) is 0 Å². The molecule has 0 amide bonds. The molecule has 30 heavy (non-hydrogen) atoms. The quantitative estimate of drug-likeness (QED) is 0.250. The van der Waals surface area contributed by atoms with Crippen LogP contribution in [0.5, 0.6) is 5.75 Å². The molecular formula is C24H25F5O. The number of hydrogen-bond donors (Lipinski definition) is 0. The first kappa shape index (κ1) is 22.3. The van der Waals surface area contributed by atoms with Gasteiger partial charge in [0, 0.05) is 12.1 Å². The van der Waals surface area contributed by atoms with Gasteiger partial charge >= 0.3 is 6.11 Å². The molecule has 0 aromatic heterocycles. The summed E-state index contributed by atoms with van der Waals surface area (Å²) >= 11 is 0. The molecule has 0 spiro atoms. The molecule has 0 N–H and O–H groups in total. The fourth-order valence-electron chi connectivity index (χ4n) is 4.03. The topological polar surface area (TPSA) is 9.23 Å². The molecule has 1 nitrogen and oxygen atoms in total. The number of benzene rings is 2. The van der Waals surface area contributed by atoms with E-state index >= 15 is 0 Å². The summed E-state index contributed by atoms with van der Waals surface area (Å²) in [6, 6.07) is 6.64. The lowest BCUT2D eigenvalue weighted by Crippen LogP contribution is -2.22. The maximum Gasteiger partial charge on any atom is 0.426 e. The van der Waals surface area contributed by atoms with Gasteiger partial charge in [-0.1, -0.05) is 24.3 Å². The standard InChI is InChI=1S/C24H25F5O/c1-2-3-4-5-16-6-8-17(9-7-16)18-10-12-19(13-11-18)24(28,29)30-20-14-21(25)23(27)22(26)15-20/h2-3,10-17H,4-9H2,1H3/b3-2+. The Labute approximate surface area is 173 Å². The van der Waals surface area contributed by atoms with Crippen LogP contribution in [0.3, 0.4) is 0 Å². The van der Waals surface area contributed by atoms with Crippen LogP contribution in [0.4, 0.5) is 22.0 Å². The maximum absolute atomic E-state index is 14.4. The van der Waals surface area contributed by atoms with Gasteiger partial charge in [0.05, 0.1) is 5.56 Å². The third-order valence-electron chi connectivity index (χ3n) is 5.75. The first-order valence-electron chi connectivity index (χ1n) is 10.2. The summed E-state index contributed by atoms with van der Waals surface area (Å²) in [4.78, 5) is 0. The van der Waals surface area contributed by atoms with E-state index in [9.17, 15) is 22.0 Å². The van der Waals surface area contributed by atoms with E-state index in [0.29, 0.717) is 24.0 Å². The number of ether oxygens (including phenoxy) is 1. The van der Waals surface area contributed by atoms with E-state index in [2.05, 4.69) is 16.9 Å². The second-order valence-electron chi connectivity index (χ2n) is 7.81. The molecule has 1 fully saturated rings. The summed E-state index contributed by atoms with van der Waals surface area (Å²) in [5, 5.41) is 0. The first-order valence-corrected chi connectivity index (χ1v) is 10.2. The second kappa shape index (κ2) is 9.63. The van der Waals surface area contributed by atoms with Crippen LogP contribution in [-0.2, 0) is 6.11 Å². The highest BCUT2D eigenvalue weighted by molar-refractivity contribution is 5.30. The molecule has 2 aromatic carbocycles. The molecule has 2 aromatic rings. The fourth-order valence-corrected chi connectivity index (χ4v) is 4.03. The lowest BCUT2D eigenvalue weighted by Gasteiger charge is -2.29. The maximum atomic E-state index is 14.4. The van der Waals surface area contributed by atoms with E-state index in [1.54, 1.807) is 12.1 Å². The molecule has 1 aliphatic carbocycles. The van der Waals surface area contributed by atoms with Gasteiger partial charge in [0.15, 0.2) is 17.5 Å². The van der Waals surface area contributed by atoms with Crippen LogP contribution in [0.15, 0.2) is 48.6 Å². The van der Waals surface area contributed by atoms with Crippen molar-refractivity contribution in [1.29, 1.82) is 0 Å². The summed E-state index contributed by atoms with van der Waals surface area (Å²) in [5.41, 5.74) is 0.566. The van der Waals surface area contributed by atoms with Gasteiger partial charge in [-0.25, -0.2) is 13.2 Å². The molecule has 162 valence electrons. The summed E-state index contributed by atoms with van der Waals surface area (Å²) < 4.78 is 72.8. The molecule has 0 unspecified atom stereocenters. The van der Waals surface area contributed by atoms with E-state index in [1.165, 1.54) is 18.6 Å². The minimum atomic E-state index is -3.81. The zero-order valence-corrected chi connectivity index (χ0v) is 16.8. The zero-order chi connectivity index (χ0) is 21.7. The minimum Gasteiger partial charge on any atom is -0.429 e. The lowest BCUT2D eigenvalue weighted by atomic mass is 9.77. The molecule has 0 saturated heterocycles. The Hall–Kier alpha value is -2.37. The van der Waals surface area contributed by atoms with Gasteiger partial charge in [0.1, 0.15) is 5.75 Å². The fraction of sp³-hybridized carbons (Fsp3) is 0.417. The van der Waals surface area contributed by atoms with Crippen molar-refractivity contribution >= 4 is 0 Å². The summed E-state index contributed by atoms with van der Waals surface area (Å²) in [6.45, 7) is 2.02. The van der Waals surface area contributed by atoms with Crippen molar-refractivity contribution in [3.63, 3.8) is 0 Å². The molecule has 0 bridgehead atoms. The normalized spacial score (nSPS) is 19.9. The van der Waals surface area contributed by atoms with Crippen molar-refractivity contribution in [3.05, 3.63) is 77.1 Å². The van der Waals surface area contributed by atoms with Crippen molar-refractivity contribution in [2.75, 3.05) is 0 Å². The predicted molar refractivity (Wildman–Crippen MR) is 106 cm³/mol. The third kappa shape index (κ3) is 5.41. The van der Waals surface area contributed by atoms with Crippen LogP contribution in [0.2, 0.25) is 0 Å². The van der Waals surface area contributed by atoms with E-state index < -0.39 is 34.9 Å². The molecule has 0 aliphatic heterocycles.